The quantitative estimate of drug-likeness (QED) is 0.437. The smallest absolute Gasteiger partial charge is 0.190 e. The molecule has 3 rings (SSSR count). The summed E-state index contributed by atoms with van der Waals surface area (Å²) < 4.78 is 29.2. The molecule has 0 aromatic carbocycles. The Morgan fingerprint density at radius 2 is 1.55 bits per heavy atom. The minimum absolute atomic E-state index is 0.171. The number of nitrogens with zero attached hydrogens (tertiary/aromatic N) is 3. The van der Waals surface area contributed by atoms with Crippen LogP contribution in [0.15, 0.2) is 5.11 Å². The first kappa shape index (κ1) is 14.1. The van der Waals surface area contributed by atoms with E-state index < -0.39 is 24.0 Å². The lowest BCUT2D eigenvalue weighted by atomic mass is 9.99. The largest absolute Gasteiger partial charge is 0.344 e. The van der Waals surface area contributed by atoms with Gasteiger partial charge in [-0.3, -0.25) is 0 Å². The van der Waals surface area contributed by atoms with Gasteiger partial charge in [-0.1, -0.05) is 5.11 Å². The van der Waals surface area contributed by atoms with Crippen LogP contribution < -0.4 is 0 Å². The van der Waals surface area contributed by atoms with Crippen LogP contribution in [0, 0.1) is 0 Å². The second kappa shape index (κ2) is 4.56. The molecule has 0 amide bonds. The molecule has 0 bridgehead atoms. The van der Waals surface area contributed by atoms with Crippen LogP contribution in [-0.2, 0) is 23.7 Å². The standard InChI is InChI=1S/C12H19N3O5/c1-11(2)17-7-6(5-14-15-13)16-10-9(8(7)18-11)19-12(3,4)20-10/h6-10H,5H2,1-4H3/t6?,7-,8?,9?,10+/m1/s1. The van der Waals surface area contributed by atoms with E-state index >= 15 is 0 Å². The maximum absolute atomic E-state index is 8.49. The van der Waals surface area contributed by atoms with E-state index in [2.05, 4.69) is 10.0 Å². The summed E-state index contributed by atoms with van der Waals surface area (Å²) in [7, 11) is 0. The first-order valence-corrected chi connectivity index (χ1v) is 6.69. The Labute approximate surface area is 116 Å². The van der Waals surface area contributed by atoms with Gasteiger partial charge < -0.3 is 23.7 Å². The van der Waals surface area contributed by atoms with Crippen molar-refractivity contribution < 1.29 is 23.7 Å². The number of azide groups is 1. The van der Waals surface area contributed by atoms with Gasteiger partial charge in [0.25, 0.3) is 0 Å². The monoisotopic (exact) mass is 285 g/mol. The van der Waals surface area contributed by atoms with Crippen molar-refractivity contribution in [2.75, 3.05) is 6.54 Å². The van der Waals surface area contributed by atoms with Crippen LogP contribution in [0.5, 0.6) is 0 Å². The van der Waals surface area contributed by atoms with Gasteiger partial charge in [0.15, 0.2) is 17.9 Å². The zero-order valence-electron chi connectivity index (χ0n) is 12.0. The van der Waals surface area contributed by atoms with E-state index in [9.17, 15) is 0 Å². The van der Waals surface area contributed by atoms with Crippen LogP contribution in [-0.4, -0.2) is 48.8 Å². The molecule has 3 heterocycles. The van der Waals surface area contributed by atoms with E-state index in [4.69, 9.17) is 29.2 Å². The van der Waals surface area contributed by atoms with E-state index in [0.717, 1.165) is 0 Å². The highest BCUT2D eigenvalue weighted by atomic mass is 16.9. The normalized spacial score (nSPS) is 44.5. The Bertz CT molecular complexity index is 448. The van der Waals surface area contributed by atoms with Gasteiger partial charge in [0.05, 0.1) is 12.6 Å². The summed E-state index contributed by atoms with van der Waals surface area (Å²) in [4.78, 5) is 2.77. The molecule has 0 radical (unpaired) electrons. The summed E-state index contributed by atoms with van der Waals surface area (Å²) in [6.45, 7) is 7.50. The molecule has 8 nitrogen and oxygen atoms in total. The molecule has 5 atom stereocenters. The summed E-state index contributed by atoms with van der Waals surface area (Å²) in [6, 6.07) is 0. The lowest BCUT2D eigenvalue weighted by Gasteiger charge is -2.36. The van der Waals surface area contributed by atoms with Crippen molar-refractivity contribution in [1.82, 2.24) is 0 Å². The summed E-state index contributed by atoms with van der Waals surface area (Å²) in [5.41, 5.74) is 8.49. The molecule has 0 spiro atoms. The Morgan fingerprint density at radius 3 is 2.25 bits per heavy atom. The van der Waals surface area contributed by atoms with Crippen molar-refractivity contribution >= 4 is 0 Å². The predicted molar refractivity (Wildman–Crippen MR) is 66.5 cm³/mol. The van der Waals surface area contributed by atoms with E-state index in [0.29, 0.717) is 0 Å². The molecular weight excluding hydrogens is 266 g/mol. The van der Waals surface area contributed by atoms with Crippen molar-refractivity contribution in [3.05, 3.63) is 10.4 Å². The van der Waals surface area contributed by atoms with E-state index in [1.165, 1.54) is 0 Å². The van der Waals surface area contributed by atoms with E-state index in [1.807, 2.05) is 27.7 Å². The van der Waals surface area contributed by atoms with Crippen LogP contribution in [0.2, 0.25) is 0 Å². The molecule has 112 valence electrons. The Morgan fingerprint density at radius 1 is 0.950 bits per heavy atom. The molecule has 3 aliphatic heterocycles. The minimum atomic E-state index is -0.733. The third-order valence-electron chi connectivity index (χ3n) is 3.58. The zero-order chi connectivity index (χ0) is 14.5. The van der Waals surface area contributed by atoms with Gasteiger partial charge >= 0.3 is 0 Å². The van der Waals surface area contributed by atoms with Crippen molar-refractivity contribution in [1.29, 1.82) is 0 Å². The molecule has 3 aliphatic rings. The lowest BCUT2D eigenvalue weighted by molar-refractivity contribution is -0.231. The fourth-order valence-corrected chi connectivity index (χ4v) is 2.96. The second-order valence-corrected chi connectivity index (χ2v) is 6.12. The Kier molecular flexibility index (Phi) is 3.20. The Hall–Kier alpha value is -0.890. The average molecular weight is 285 g/mol. The molecule has 20 heavy (non-hydrogen) atoms. The molecule has 0 aliphatic carbocycles. The lowest BCUT2D eigenvalue weighted by Crippen LogP contribution is -2.55. The van der Waals surface area contributed by atoms with Crippen LogP contribution in [0.3, 0.4) is 0 Å². The van der Waals surface area contributed by atoms with Gasteiger partial charge in [-0.2, -0.15) is 0 Å². The average Bonchev–Trinajstić information content (AvgIpc) is 2.80. The van der Waals surface area contributed by atoms with Crippen LogP contribution in [0.25, 0.3) is 10.4 Å². The molecule has 0 aromatic heterocycles. The number of hydrogen-bond donors (Lipinski definition) is 0. The Balaban J connectivity index is 1.85. The van der Waals surface area contributed by atoms with Gasteiger partial charge in [0, 0.05) is 4.91 Å². The molecule has 3 unspecified atom stereocenters. The van der Waals surface area contributed by atoms with Gasteiger partial charge in [0.2, 0.25) is 0 Å². The highest BCUT2D eigenvalue weighted by molar-refractivity contribution is 5.00. The molecule has 8 heteroatoms. The van der Waals surface area contributed by atoms with Crippen molar-refractivity contribution in [2.45, 2.75) is 70.0 Å². The number of hydrogen-bond acceptors (Lipinski definition) is 6. The van der Waals surface area contributed by atoms with Gasteiger partial charge in [0.1, 0.15) is 18.3 Å². The van der Waals surface area contributed by atoms with Crippen LogP contribution in [0.4, 0.5) is 0 Å². The van der Waals surface area contributed by atoms with E-state index in [1.54, 1.807) is 0 Å². The summed E-state index contributed by atoms with van der Waals surface area (Å²) >= 11 is 0. The molecule has 3 saturated heterocycles. The first-order valence-electron chi connectivity index (χ1n) is 6.69. The number of ether oxygens (including phenoxy) is 5. The van der Waals surface area contributed by atoms with Gasteiger partial charge in [-0.05, 0) is 33.2 Å². The van der Waals surface area contributed by atoms with Crippen LogP contribution in [0.1, 0.15) is 27.7 Å². The third kappa shape index (κ3) is 2.39. The topological polar surface area (TPSA) is 94.9 Å². The maximum Gasteiger partial charge on any atom is 0.190 e. The zero-order valence-corrected chi connectivity index (χ0v) is 12.0. The fourth-order valence-electron chi connectivity index (χ4n) is 2.96. The summed E-state index contributed by atoms with van der Waals surface area (Å²) in [6.07, 6.45) is -1.93. The number of fused-ring (bicyclic) bond motifs is 3. The highest BCUT2D eigenvalue weighted by Gasteiger charge is 2.60. The number of rotatable bonds is 2. The van der Waals surface area contributed by atoms with Gasteiger partial charge in [-0.15, -0.1) is 0 Å². The fraction of sp³-hybridized carbons (Fsp3) is 1.00. The van der Waals surface area contributed by atoms with E-state index in [-0.39, 0.29) is 24.9 Å². The summed E-state index contributed by atoms with van der Waals surface area (Å²) in [5.74, 6) is -1.46. The molecule has 3 fully saturated rings. The molecule has 0 aromatic rings. The highest BCUT2D eigenvalue weighted by Crippen LogP contribution is 2.44. The minimum Gasteiger partial charge on any atom is -0.344 e. The summed E-state index contributed by atoms with van der Waals surface area (Å²) in [5, 5.41) is 3.58. The molecule has 0 N–H and O–H groups in total. The SMILES string of the molecule is CC1(C)OC2C3OC(C)(C)O[C@@H]3C(CN=[N+]=[N-])O[C@H]2O1. The predicted octanol–water partition coefficient (Wildman–Crippen LogP) is 1.69. The van der Waals surface area contributed by atoms with Gasteiger partial charge in [-0.25, -0.2) is 0 Å². The first-order chi connectivity index (χ1) is 9.31. The van der Waals surface area contributed by atoms with Crippen LogP contribution >= 0.6 is 0 Å². The third-order valence-corrected chi connectivity index (χ3v) is 3.58. The van der Waals surface area contributed by atoms with Crippen molar-refractivity contribution in [3.8, 4) is 0 Å². The maximum atomic E-state index is 8.49. The van der Waals surface area contributed by atoms with Crippen molar-refractivity contribution in [3.63, 3.8) is 0 Å². The molecular formula is C12H19N3O5. The molecule has 0 saturated carbocycles. The van der Waals surface area contributed by atoms with Crippen molar-refractivity contribution in [2.24, 2.45) is 5.11 Å². The second-order valence-electron chi connectivity index (χ2n) is 6.12.